The summed E-state index contributed by atoms with van der Waals surface area (Å²) in [7, 11) is 0. The molecule has 7 aromatic carbocycles. The number of rotatable bonds is 36. The second kappa shape index (κ2) is 55.1. The number of aliphatic carboxylic acids is 2. The molecule has 12 aromatic rings. The molecule has 706 valence electrons. The summed E-state index contributed by atoms with van der Waals surface area (Å²) in [6, 6.07) is 43.0. The Hall–Kier alpha value is -16.1. The van der Waals surface area contributed by atoms with Crippen LogP contribution in [0.2, 0.25) is 0 Å². The van der Waals surface area contributed by atoms with Gasteiger partial charge in [-0.25, -0.2) is 33.6 Å². The summed E-state index contributed by atoms with van der Waals surface area (Å²) in [5.74, 6) is -8.98. The molecule has 0 unspecified atom stereocenters. The summed E-state index contributed by atoms with van der Waals surface area (Å²) in [5, 5.41) is 48.1. The average Bonchev–Trinajstić information content (AvgIpc) is 1.66. The molecule has 23 N–H and O–H groups in total. The summed E-state index contributed by atoms with van der Waals surface area (Å²) in [5.41, 5.74) is 51.3. The molecule has 8 amide bonds. The van der Waals surface area contributed by atoms with Crippen LogP contribution < -0.4 is 69.0 Å². The number of nitrogens with one attached hydrogen (secondary N) is 7. The number of esters is 3. The molecule has 134 heavy (non-hydrogen) atoms. The van der Waals surface area contributed by atoms with E-state index in [4.69, 9.17) is 78.6 Å². The Labute approximate surface area is 779 Å². The van der Waals surface area contributed by atoms with Gasteiger partial charge in [-0.2, -0.15) is 0 Å². The van der Waals surface area contributed by atoms with Crippen LogP contribution in [0.5, 0.6) is 0 Å². The van der Waals surface area contributed by atoms with Crippen molar-refractivity contribution < 1.29 is 142 Å². The normalized spacial score (nSPS) is 10.2. The number of nitrogens with two attached hydrogens (primary N) is 6. The van der Waals surface area contributed by atoms with E-state index in [0.717, 1.165) is 29.0 Å². The van der Waals surface area contributed by atoms with E-state index < -0.39 is 89.4 Å². The zero-order valence-electron chi connectivity index (χ0n) is 73.2. The van der Waals surface area contributed by atoms with Crippen molar-refractivity contribution in [2.24, 2.45) is 39.5 Å². The van der Waals surface area contributed by atoms with Crippen LogP contribution >= 0.6 is 0 Å². The zero-order valence-corrected chi connectivity index (χ0v) is 73.2. The van der Waals surface area contributed by atoms with E-state index in [9.17, 15) is 77.3 Å². The number of nitrogens with zero attached hydrogens (tertiary/aromatic N) is 3. The van der Waals surface area contributed by atoms with Gasteiger partial charge in [0.15, 0.2) is 0 Å². The molecule has 0 saturated heterocycles. The van der Waals surface area contributed by atoms with Crippen molar-refractivity contribution >= 4 is 144 Å². The first-order chi connectivity index (χ1) is 62.6. The molecular formula is C92H106LiN16O25-. The van der Waals surface area contributed by atoms with E-state index >= 15 is 0 Å². The van der Waals surface area contributed by atoms with Gasteiger partial charge in [0.05, 0.1) is 19.8 Å². The van der Waals surface area contributed by atoms with E-state index in [-0.39, 0.29) is 102 Å². The number of hydrogen-bond acceptors (Lipinski definition) is 23. The molecule has 5 aromatic heterocycles. The molecule has 12 rings (SSSR count). The number of carbonyl (C=O) groups is 15. The fourth-order valence-corrected chi connectivity index (χ4v) is 13.5. The third-order valence-electron chi connectivity index (χ3n) is 19.4. The van der Waals surface area contributed by atoms with Crippen molar-refractivity contribution in [2.75, 3.05) is 39.5 Å². The molecule has 0 bridgehead atoms. The molecule has 0 spiro atoms. The number of H-pyrrole nitrogens is 5. The van der Waals surface area contributed by atoms with Gasteiger partial charge in [0, 0.05) is 121 Å². The summed E-state index contributed by atoms with van der Waals surface area (Å²) in [4.78, 5) is 188. The number of amides is 8. The third kappa shape index (κ3) is 32.5. The van der Waals surface area contributed by atoms with Crippen molar-refractivity contribution in [3.63, 3.8) is 0 Å². The smallest absolute Gasteiger partial charge is 0.870 e. The largest absolute Gasteiger partial charge is 1.00 e. The number of benzene rings is 7. The second-order valence-electron chi connectivity index (χ2n) is 28.5. The second-order valence-corrected chi connectivity index (χ2v) is 28.5. The fraction of sp³-hybridized carbons (Fsp3) is 0.272. The maximum atomic E-state index is 12.4. The van der Waals surface area contributed by atoms with Crippen LogP contribution in [-0.4, -0.2) is 175 Å². The summed E-state index contributed by atoms with van der Waals surface area (Å²) in [6.45, 7) is 8.32. The van der Waals surface area contributed by atoms with Crippen LogP contribution in [0.15, 0.2) is 157 Å². The molecule has 0 aliphatic rings. The maximum Gasteiger partial charge on any atom is 1.00 e. The number of alkyl carbamates (subject to hydrolysis) is 2. The minimum Gasteiger partial charge on any atom is -0.870 e. The summed E-state index contributed by atoms with van der Waals surface area (Å²) < 4.78 is 25.5. The van der Waals surface area contributed by atoms with Crippen molar-refractivity contribution in [3.8, 4) is 0 Å². The Bertz CT molecular complexity index is 6240. The van der Waals surface area contributed by atoms with Gasteiger partial charge in [-0.15, -0.1) is 0 Å². The first-order valence-corrected chi connectivity index (χ1v) is 40.9. The van der Waals surface area contributed by atoms with Crippen LogP contribution in [-0.2, 0) is 83.4 Å². The Balaban J connectivity index is 0.000000430. The molecule has 0 radical (unpaired) electrons. The van der Waals surface area contributed by atoms with Gasteiger partial charge in [0.25, 0.3) is 0 Å². The van der Waals surface area contributed by atoms with Crippen LogP contribution in [0.25, 0.3) is 65.0 Å². The van der Waals surface area contributed by atoms with Gasteiger partial charge in [0.2, 0.25) is 35.4 Å². The number of primary amides is 5. The molecular weight excluding hydrogens is 1740 g/mol. The molecule has 0 saturated carbocycles. The molecule has 42 heteroatoms. The van der Waals surface area contributed by atoms with E-state index in [1.54, 1.807) is 112 Å². The number of hydrogen-bond donors (Lipinski definition) is 16. The summed E-state index contributed by atoms with van der Waals surface area (Å²) in [6.07, 6.45) is 3.62. The average molecular weight is 1840 g/mol. The number of fused-ring (bicyclic) bond motifs is 5. The van der Waals surface area contributed by atoms with Crippen molar-refractivity contribution in [1.82, 2.24) is 35.6 Å². The van der Waals surface area contributed by atoms with Gasteiger partial charge >= 0.3 is 66.9 Å². The maximum absolute atomic E-state index is 12.4. The SMILES string of the molecule is C.CC(=O)[O-].CCOC(=O)c1[nH]c2ccc(C(N)=O)cc2c1CCCC(=O)N=[N+]=[N-].CCOC(=O)c1[nH]c2ccc(C(N)=O)cc2c1CCCC(=O)O.CCOC(=O)c1[nH]c2ccc(C(N)=O)cc2c1CCCNC(=O)OCc1ccccc1.NC(=O)c1ccc2[nH]c(C(=O)O)c(CCCNC(=O)OCc3ccccc3)c2c1.NCCCc1c(C(=O)O)[nH]c2ccc(C(N)=O)cc12.[HH].[Li+].[OH-]. The van der Waals surface area contributed by atoms with E-state index in [0.29, 0.717) is 189 Å². The Morgan fingerprint density at radius 1 is 0.410 bits per heavy atom. The molecule has 0 aliphatic heterocycles. The van der Waals surface area contributed by atoms with E-state index in [1.165, 1.54) is 0 Å². The summed E-state index contributed by atoms with van der Waals surface area (Å²) >= 11 is 0. The van der Waals surface area contributed by atoms with E-state index in [1.807, 2.05) is 60.7 Å². The first-order valence-electron chi connectivity index (χ1n) is 40.9. The number of aryl methyl sites for hydroxylation is 5. The number of aromatic nitrogens is 5. The fourth-order valence-electron chi connectivity index (χ4n) is 13.5. The van der Waals surface area contributed by atoms with E-state index in [2.05, 4.69) is 45.6 Å². The number of carbonyl (C=O) groups excluding carboxylic acids is 12. The topological polar surface area (TPSA) is 724 Å². The predicted octanol–water partition coefficient (Wildman–Crippen LogP) is 7.90. The Morgan fingerprint density at radius 3 is 0.925 bits per heavy atom. The number of aromatic carboxylic acids is 2. The van der Waals surface area contributed by atoms with Gasteiger partial charge in [0.1, 0.15) is 41.7 Å². The van der Waals surface area contributed by atoms with Crippen LogP contribution in [0, 0.1) is 0 Å². The van der Waals surface area contributed by atoms with Gasteiger partial charge in [-0.3, -0.25) is 33.6 Å². The third-order valence-corrected chi connectivity index (χ3v) is 19.4. The Kier molecular flexibility index (Phi) is 45.3. The standard InChI is InChI=1S/C23H25N3O5.C21H21N3O5.C16H17N5O4.C16H18N2O5.C13H15N3O3.C2H4O2.CH4.Li.H2O.H2/c1-2-30-22(28)20-17(18-13-16(21(24)27)10-11-19(18)26-20)9-6-12-25-23(29)31-14-15-7-4-3-5-8-15;22-19(25)14-8-9-17-16(11-14)15(18(24-17)20(26)27)7-4-10-23-21(28)29-12-13-5-2-1-3-6-13;1-2-25-16(24)14-10(4-3-5-13(22)20-21-18)11-8-9(15(17)23)6-7-12(11)19-14;1-2-23-16(22)14-10(4-3-5-13(19)20)11-8-9(15(17)21)6-7-12(11)18-14;14-5-1-2-8-9-6-7(12(15)17)3-4-10(9)16-11(8)13(18)19;1-2(3)4;;;;/h3-5,7-8,10-11,13,26H,2,6,9,12,14H2,1H3,(H2,24,27)(H,25,29);1-3,5-6,8-9,11,24H,4,7,10,12H2,(H2,22,25)(H,23,28)(H,26,27);6-8,19H,2-5H2,1H3,(H2,17,23);6-8,18H,2-5H2,1H3,(H2,17,21)(H,19,20);3-4,6,16H,1-2,5,14H2,(H2,15,17)(H,18,19);1H3,(H,3,4);1H4;;1H2;1H/q;;;;;;;+1;;/p-2. The van der Waals surface area contributed by atoms with Crippen molar-refractivity contribution in [3.05, 3.63) is 257 Å². The minimum absolute atomic E-state index is 0. The molecule has 0 atom stereocenters. The quantitative estimate of drug-likeness (QED) is 0.00337. The number of aromatic amines is 5. The minimum atomic E-state index is -1.09. The van der Waals surface area contributed by atoms with Crippen molar-refractivity contribution in [1.29, 1.82) is 0 Å². The molecule has 0 fully saturated rings. The molecule has 5 heterocycles. The Morgan fingerprint density at radius 2 is 0.672 bits per heavy atom. The van der Waals surface area contributed by atoms with Gasteiger partial charge < -0.3 is 124 Å². The first kappa shape index (κ1) is 110. The van der Waals surface area contributed by atoms with Crippen LogP contribution in [0.4, 0.5) is 9.59 Å². The number of carboxylic acid groups (broad SMARTS) is 4. The predicted molar refractivity (Wildman–Crippen MR) is 488 cm³/mol. The van der Waals surface area contributed by atoms with Crippen molar-refractivity contribution in [2.45, 2.75) is 125 Å². The molecule has 41 nitrogen and oxygen atoms in total. The monoisotopic (exact) mass is 1840 g/mol. The zero-order chi connectivity index (χ0) is 96.0. The number of azide groups is 1. The molecule has 0 aliphatic carbocycles. The van der Waals surface area contributed by atoms with Crippen LogP contribution in [0.1, 0.15) is 225 Å². The van der Waals surface area contributed by atoms with Gasteiger partial charge in [-0.1, -0.05) is 68.1 Å². The van der Waals surface area contributed by atoms with Crippen LogP contribution in [0.3, 0.4) is 0 Å². The number of carboxylic acids is 4. The van der Waals surface area contributed by atoms with Gasteiger partial charge in [-0.05, 0) is 239 Å². The number of ether oxygens (including phenoxy) is 5.